The first kappa shape index (κ1) is 24.4. The Morgan fingerprint density at radius 3 is 1.73 bits per heavy atom. The SMILES string of the molecule is C[C@@]1(Oc2ccccc2)[C@@H](OC=O)O[C@@H](COc2ccccc2)[C@@]1(Oc1ccccc1)c1ccccc1. The molecule has 6 nitrogen and oxygen atoms in total. The lowest BCUT2D eigenvalue weighted by atomic mass is 9.75. The highest BCUT2D eigenvalue weighted by Gasteiger charge is 2.71. The molecule has 0 radical (unpaired) electrons. The van der Waals surface area contributed by atoms with Gasteiger partial charge in [0.25, 0.3) is 6.47 Å². The van der Waals surface area contributed by atoms with Crippen LogP contribution in [-0.2, 0) is 19.9 Å². The van der Waals surface area contributed by atoms with Gasteiger partial charge in [0.15, 0.2) is 0 Å². The zero-order valence-corrected chi connectivity index (χ0v) is 20.4. The summed E-state index contributed by atoms with van der Waals surface area (Å²) in [6.07, 6.45) is -1.83. The van der Waals surface area contributed by atoms with Gasteiger partial charge in [-0.05, 0) is 43.3 Å². The molecule has 0 saturated carbocycles. The van der Waals surface area contributed by atoms with E-state index < -0.39 is 23.6 Å². The fourth-order valence-electron chi connectivity index (χ4n) is 4.84. The fraction of sp³-hybridized carbons (Fsp3) is 0.194. The van der Waals surface area contributed by atoms with Crippen LogP contribution in [0, 0.1) is 0 Å². The lowest BCUT2D eigenvalue weighted by Gasteiger charge is -2.45. The predicted molar refractivity (Wildman–Crippen MR) is 138 cm³/mol. The summed E-state index contributed by atoms with van der Waals surface area (Å²) in [6.45, 7) is 2.32. The van der Waals surface area contributed by atoms with Crippen LogP contribution in [0.1, 0.15) is 12.5 Å². The minimum atomic E-state index is -1.32. The van der Waals surface area contributed by atoms with E-state index in [1.54, 1.807) is 0 Å². The van der Waals surface area contributed by atoms with Crippen molar-refractivity contribution in [2.45, 2.75) is 30.5 Å². The van der Waals surface area contributed by atoms with Crippen LogP contribution in [0.15, 0.2) is 121 Å². The molecule has 0 bridgehead atoms. The number of carbonyl (C=O) groups is 1. The second kappa shape index (κ2) is 10.8. The monoisotopic (exact) mass is 496 g/mol. The van der Waals surface area contributed by atoms with E-state index in [1.807, 2.05) is 128 Å². The summed E-state index contributed by atoms with van der Waals surface area (Å²) in [4.78, 5) is 11.7. The average Bonchev–Trinajstić information content (AvgIpc) is 3.17. The summed E-state index contributed by atoms with van der Waals surface area (Å²) in [7, 11) is 0. The third-order valence-corrected chi connectivity index (χ3v) is 6.55. The molecule has 0 unspecified atom stereocenters. The smallest absolute Gasteiger partial charge is 0.295 e. The van der Waals surface area contributed by atoms with E-state index in [4.69, 9.17) is 23.7 Å². The molecule has 37 heavy (non-hydrogen) atoms. The summed E-state index contributed by atoms with van der Waals surface area (Å²) in [5, 5.41) is 0. The van der Waals surface area contributed by atoms with Gasteiger partial charge in [-0.25, -0.2) is 0 Å². The molecule has 0 aliphatic carbocycles. The first-order valence-electron chi connectivity index (χ1n) is 12.1. The highest BCUT2D eigenvalue weighted by molar-refractivity contribution is 5.41. The van der Waals surface area contributed by atoms with Crippen LogP contribution in [0.25, 0.3) is 0 Å². The lowest BCUT2D eigenvalue weighted by molar-refractivity contribution is -0.193. The molecule has 1 heterocycles. The Kier molecular flexibility index (Phi) is 7.10. The molecule has 1 fully saturated rings. The molecule has 6 heteroatoms. The van der Waals surface area contributed by atoms with Crippen molar-refractivity contribution in [1.82, 2.24) is 0 Å². The lowest BCUT2D eigenvalue weighted by Crippen LogP contribution is -2.62. The van der Waals surface area contributed by atoms with Gasteiger partial charge in [-0.1, -0.05) is 84.9 Å². The van der Waals surface area contributed by atoms with Crippen molar-refractivity contribution >= 4 is 6.47 Å². The first-order chi connectivity index (χ1) is 18.2. The standard InChI is InChI=1S/C31H28O6/c1-30(36-26-18-10-4-11-19-26)29(34-23-32)35-28(22-33-25-16-8-3-9-17-25)31(30,24-14-6-2-7-15-24)37-27-20-12-5-13-21-27/h2-21,23,28-29H,22H2,1H3/t28-,29-,30+,31-/m0/s1. The van der Waals surface area contributed by atoms with Gasteiger partial charge in [0, 0.05) is 5.56 Å². The van der Waals surface area contributed by atoms with Crippen molar-refractivity contribution in [3.63, 3.8) is 0 Å². The number of benzene rings is 4. The third-order valence-electron chi connectivity index (χ3n) is 6.55. The van der Waals surface area contributed by atoms with Crippen molar-refractivity contribution in [3.05, 3.63) is 127 Å². The van der Waals surface area contributed by atoms with Gasteiger partial charge in [-0.2, -0.15) is 0 Å². The van der Waals surface area contributed by atoms with Gasteiger partial charge in [0.05, 0.1) is 0 Å². The normalized spacial score (nSPS) is 24.7. The van der Waals surface area contributed by atoms with Crippen LogP contribution in [0.3, 0.4) is 0 Å². The number of hydrogen-bond donors (Lipinski definition) is 0. The van der Waals surface area contributed by atoms with E-state index in [-0.39, 0.29) is 6.61 Å². The predicted octanol–water partition coefficient (Wildman–Crippen LogP) is 5.78. The summed E-state index contributed by atoms with van der Waals surface area (Å²) in [5.41, 5.74) is -1.82. The summed E-state index contributed by atoms with van der Waals surface area (Å²) in [6, 6.07) is 38.0. The maximum absolute atomic E-state index is 11.7. The molecule has 5 rings (SSSR count). The maximum Gasteiger partial charge on any atom is 0.295 e. The van der Waals surface area contributed by atoms with Crippen LogP contribution in [0.2, 0.25) is 0 Å². The quantitative estimate of drug-likeness (QED) is 0.260. The van der Waals surface area contributed by atoms with Crippen LogP contribution in [-0.4, -0.2) is 31.1 Å². The first-order valence-corrected chi connectivity index (χ1v) is 12.1. The fourth-order valence-corrected chi connectivity index (χ4v) is 4.84. The summed E-state index contributed by atoms with van der Waals surface area (Å²) >= 11 is 0. The van der Waals surface area contributed by atoms with Crippen molar-refractivity contribution in [3.8, 4) is 17.2 Å². The average molecular weight is 497 g/mol. The minimum Gasteiger partial charge on any atom is -0.491 e. The number of ether oxygens (including phenoxy) is 5. The number of carbonyl (C=O) groups excluding carboxylic acids is 1. The van der Waals surface area contributed by atoms with Gasteiger partial charge in [-0.15, -0.1) is 0 Å². The molecule has 4 atom stereocenters. The van der Waals surface area contributed by atoms with Crippen LogP contribution in [0.5, 0.6) is 17.2 Å². The van der Waals surface area contributed by atoms with E-state index in [2.05, 4.69) is 0 Å². The molecule has 0 amide bonds. The van der Waals surface area contributed by atoms with Crippen molar-refractivity contribution in [1.29, 1.82) is 0 Å². The topological polar surface area (TPSA) is 63.2 Å². The van der Waals surface area contributed by atoms with Crippen LogP contribution < -0.4 is 14.2 Å². The van der Waals surface area contributed by atoms with Gasteiger partial charge in [0.2, 0.25) is 17.5 Å². The molecule has 1 saturated heterocycles. The molecular weight excluding hydrogens is 468 g/mol. The van der Waals surface area contributed by atoms with Crippen LogP contribution >= 0.6 is 0 Å². The Morgan fingerprint density at radius 2 is 1.19 bits per heavy atom. The largest absolute Gasteiger partial charge is 0.491 e. The highest BCUT2D eigenvalue weighted by Crippen LogP contribution is 2.52. The van der Waals surface area contributed by atoms with Gasteiger partial charge in [-0.3, -0.25) is 4.79 Å². The highest BCUT2D eigenvalue weighted by atomic mass is 16.7. The molecule has 0 aromatic heterocycles. The van der Waals surface area contributed by atoms with Gasteiger partial charge in [0.1, 0.15) is 30.0 Å². The molecule has 1 aliphatic heterocycles. The second-order valence-corrected chi connectivity index (χ2v) is 8.85. The molecule has 4 aromatic rings. The zero-order valence-electron chi connectivity index (χ0n) is 20.4. The van der Waals surface area contributed by atoms with E-state index in [0.29, 0.717) is 23.7 Å². The van der Waals surface area contributed by atoms with Gasteiger partial charge >= 0.3 is 0 Å². The third kappa shape index (κ3) is 4.76. The summed E-state index contributed by atoms with van der Waals surface area (Å²) < 4.78 is 31.7. The molecule has 1 aliphatic rings. The Labute approximate surface area is 216 Å². The van der Waals surface area contributed by atoms with E-state index in [9.17, 15) is 4.79 Å². The minimum absolute atomic E-state index is 0.109. The molecule has 4 aromatic carbocycles. The number of rotatable bonds is 10. The number of hydrogen-bond acceptors (Lipinski definition) is 6. The Hall–Kier alpha value is -4.29. The molecular formula is C31H28O6. The zero-order chi connectivity index (χ0) is 25.6. The van der Waals surface area contributed by atoms with E-state index >= 15 is 0 Å². The Bertz CT molecular complexity index is 1270. The Balaban J connectivity index is 1.67. The van der Waals surface area contributed by atoms with E-state index in [1.165, 1.54) is 0 Å². The molecule has 0 spiro atoms. The van der Waals surface area contributed by atoms with Crippen molar-refractivity contribution < 1.29 is 28.5 Å². The number of para-hydroxylation sites is 3. The molecule has 0 N–H and O–H groups in total. The van der Waals surface area contributed by atoms with Crippen molar-refractivity contribution in [2.75, 3.05) is 6.61 Å². The second-order valence-electron chi connectivity index (χ2n) is 8.85. The molecule has 188 valence electrons. The van der Waals surface area contributed by atoms with Gasteiger partial charge < -0.3 is 23.7 Å². The van der Waals surface area contributed by atoms with Crippen molar-refractivity contribution in [2.24, 2.45) is 0 Å². The Morgan fingerprint density at radius 1 is 0.703 bits per heavy atom. The van der Waals surface area contributed by atoms with E-state index in [0.717, 1.165) is 5.56 Å². The van der Waals surface area contributed by atoms with Crippen LogP contribution in [0.4, 0.5) is 0 Å². The maximum atomic E-state index is 11.7. The summed E-state index contributed by atoms with van der Waals surface area (Å²) in [5.74, 6) is 1.86.